The fraction of sp³-hybridized carbons (Fsp3) is 0.158. The first-order chi connectivity index (χ1) is 14.9. The summed E-state index contributed by atoms with van der Waals surface area (Å²) in [6, 6.07) is 3.84. The first-order valence-corrected chi connectivity index (χ1v) is 9.63. The number of aliphatic carboxylic acids is 1. The minimum atomic E-state index is -5.07. The Labute approximate surface area is 179 Å². The SMILES string of the molecule is O=C(O)C1=C(C(=O)N(F)c2c(F)cc(-c3cccc(OC(F)(F)F)c3)c(F)c2F)CSC1. The predicted molar refractivity (Wildman–Crippen MR) is 99.0 cm³/mol. The number of carboxylic acid groups (broad SMARTS) is 1. The molecule has 170 valence electrons. The summed E-state index contributed by atoms with van der Waals surface area (Å²) in [6.45, 7) is 0. The van der Waals surface area contributed by atoms with Crippen molar-refractivity contribution in [3.63, 3.8) is 0 Å². The molecule has 1 aliphatic rings. The summed E-state index contributed by atoms with van der Waals surface area (Å²) in [4.78, 5) is 23.4. The molecule has 0 bridgehead atoms. The molecule has 0 radical (unpaired) electrons. The van der Waals surface area contributed by atoms with Crippen molar-refractivity contribution in [2.24, 2.45) is 0 Å². The van der Waals surface area contributed by atoms with Crippen LogP contribution in [0.5, 0.6) is 5.75 Å². The van der Waals surface area contributed by atoms with Crippen molar-refractivity contribution in [3.05, 3.63) is 58.9 Å². The van der Waals surface area contributed by atoms with Crippen LogP contribution in [0.25, 0.3) is 11.1 Å². The van der Waals surface area contributed by atoms with Gasteiger partial charge >= 0.3 is 12.3 Å². The van der Waals surface area contributed by atoms with E-state index in [4.69, 9.17) is 5.11 Å². The highest BCUT2D eigenvalue weighted by Gasteiger charge is 2.35. The number of carbonyl (C=O) groups excluding carboxylic acids is 1. The quantitative estimate of drug-likeness (QED) is 0.369. The topological polar surface area (TPSA) is 66.8 Å². The highest BCUT2D eigenvalue weighted by molar-refractivity contribution is 8.00. The number of ether oxygens (including phenoxy) is 1. The smallest absolute Gasteiger partial charge is 0.478 e. The summed E-state index contributed by atoms with van der Waals surface area (Å²) in [6.07, 6.45) is -5.07. The van der Waals surface area contributed by atoms with Crippen LogP contribution in [0.4, 0.5) is 36.5 Å². The molecule has 1 aliphatic heterocycles. The Hall–Kier alpha value is -3.22. The number of carbonyl (C=O) groups is 2. The van der Waals surface area contributed by atoms with E-state index >= 15 is 0 Å². The lowest BCUT2D eigenvalue weighted by Crippen LogP contribution is -2.28. The number of hydrogen-bond donors (Lipinski definition) is 1. The molecular weight excluding hydrogens is 471 g/mol. The second kappa shape index (κ2) is 8.73. The summed E-state index contributed by atoms with van der Waals surface area (Å²) in [5.41, 5.74) is -4.02. The van der Waals surface area contributed by atoms with Gasteiger partial charge in [0.05, 0.1) is 5.57 Å². The maximum Gasteiger partial charge on any atom is 0.573 e. The standard InChI is InChI=1S/C19H10F7NO4S/c20-13-5-10(8-2-1-3-9(4-8)31-19(23,24)25)14(21)15(22)16(13)27(26)17(28)11-6-32-7-12(11)18(29)30/h1-5H,6-7H2,(H,29,30). The molecule has 0 atom stereocenters. The van der Waals surface area contributed by atoms with Gasteiger partial charge in [0.1, 0.15) is 5.75 Å². The fourth-order valence-electron chi connectivity index (χ4n) is 2.87. The molecule has 13 heteroatoms. The molecule has 5 nitrogen and oxygen atoms in total. The Balaban J connectivity index is 2.02. The summed E-state index contributed by atoms with van der Waals surface area (Å²) < 4.78 is 99.0. The Bertz CT molecular complexity index is 1130. The number of hydrogen-bond acceptors (Lipinski definition) is 4. The van der Waals surface area contributed by atoms with E-state index in [-0.39, 0.29) is 17.6 Å². The van der Waals surface area contributed by atoms with E-state index in [1.807, 2.05) is 0 Å². The van der Waals surface area contributed by atoms with Gasteiger partial charge in [-0.3, -0.25) is 4.79 Å². The number of nitrogens with zero attached hydrogens (tertiary/aromatic N) is 1. The van der Waals surface area contributed by atoms with E-state index in [0.717, 1.165) is 30.0 Å². The number of rotatable bonds is 5. The van der Waals surface area contributed by atoms with Gasteiger partial charge in [-0.1, -0.05) is 16.6 Å². The highest BCUT2D eigenvalue weighted by atomic mass is 32.2. The Morgan fingerprint density at radius 3 is 2.31 bits per heavy atom. The molecule has 32 heavy (non-hydrogen) atoms. The van der Waals surface area contributed by atoms with Crippen molar-refractivity contribution in [3.8, 4) is 16.9 Å². The second-order valence-corrected chi connectivity index (χ2v) is 7.28. The molecule has 0 saturated heterocycles. The zero-order chi connectivity index (χ0) is 23.8. The number of benzene rings is 2. The molecule has 0 saturated carbocycles. The molecule has 1 N–H and O–H groups in total. The van der Waals surface area contributed by atoms with Crippen LogP contribution in [0.15, 0.2) is 41.5 Å². The van der Waals surface area contributed by atoms with Crippen LogP contribution >= 0.6 is 11.8 Å². The summed E-state index contributed by atoms with van der Waals surface area (Å²) in [5, 5.41) is 8.00. The van der Waals surface area contributed by atoms with Gasteiger partial charge < -0.3 is 9.84 Å². The largest absolute Gasteiger partial charge is 0.573 e. The third kappa shape index (κ3) is 4.66. The van der Waals surface area contributed by atoms with Crippen molar-refractivity contribution < 1.29 is 50.3 Å². The molecule has 1 heterocycles. The normalized spacial score (nSPS) is 14.0. The molecule has 0 fully saturated rings. The van der Waals surface area contributed by atoms with E-state index in [9.17, 15) is 40.4 Å². The zero-order valence-electron chi connectivity index (χ0n) is 15.5. The summed E-state index contributed by atoms with van der Waals surface area (Å²) in [5.74, 6) is -10.1. The van der Waals surface area contributed by atoms with Crippen LogP contribution in [0.1, 0.15) is 0 Å². The third-order valence-electron chi connectivity index (χ3n) is 4.26. The first kappa shape index (κ1) is 23.4. The molecule has 2 aromatic carbocycles. The van der Waals surface area contributed by atoms with Crippen molar-refractivity contribution >= 4 is 29.3 Å². The van der Waals surface area contributed by atoms with E-state index in [1.165, 1.54) is 0 Å². The number of anilines is 1. The van der Waals surface area contributed by atoms with Gasteiger partial charge in [-0.15, -0.1) is 18.3 Å². The van der Waals surface area contributed by atoms with Gasteiger partial charge in [-0.05, 0) is 23.8 Å². The summed E-state index contributed by atoms with van der Waals surface area (Å²) >= 11 is 0.953. The number of alkyl halides is 3. The lowest BCUT2D eigenvalue weighted by Gasteiger charge is -2.17. The number of halogens is 7. The Kier molecular flexibility index (Phi) is 6.39. The number of carboxylic acids is 1. The van der Waals surface area contributed by atoms with E-state index < -0.39 is 74.5 Å². The Morgan fingerprint density at radius 1 is 1.03 bits per heavy atom. The number of thioether (sulfide) groups is 1. The molecule has 2 aromatic rings. The first-order valence-electron chi connectivity index (χ1n) is 8.47. The zero-order valence-corrected chi connectivity index (χ0v) is 16.3. The van der Waals surface area contributed by atoms with Gasteiger partial charge in [0.15, 0.2) is 23.1 Å². The molecule has 0 unspecified atom stereocenters. The molecule has 3 rings (SSSR count). The minimum absolute atomic E-state index is 0.140. The van der Waals surface area contributed by atoms with Crippen LogP contribution in [0, 0.1) is 17.5 Å². The van der Waals surface area contributed by atoms with E-state index in [2.05, 4.69) is 4.74 Å². The van der Waals surface area contributed by atoms with Gasteiger partial charge in [0.25, 0.3) is 5.91 Å². The lowest BCUT2D eigenvalue weighted by atomic mass is 10.0. The second-order valence-electron chi connectivity index (χ2n) is 6.30. The average molecular weight is 481 g/mol. The van der Waals surface area contributed by atoms with Crippen molar-refractivity contribution in [2.75, 3.05) is 16.6 Å². The van der Waals surface area contributed by atoms with E-state index in [0.29, 0.717) is 6.07 Å². The predicted octanol–water partition coefficient (Wildman–Crippen LogP) is 5.02. The Morgan fingerprint density at radius 2 is 1.69 bits per heavy atom. The maximum absolute atomic E-state index is 14.6. The molecule has 1 amide bonds. The van der Waals surface area contributed by atoms with Crippen LogP contribution in [-0.2, 0) is 9.59 Å². The molecule has 0 aromatic heterocycles. The average Bonchev–Trinajstić information content (AvgIpc) is 3.19. The molecular formula is C19H10F7NO4S. The van der Waals surface area contributed by atoms with Crippen LogP contribution in [0.3, 0.4) is 0 Å². The van der Waals surface area contributed by atoms with Gasteiger partial charge in [0, 0.05) is 22.6 Å². The van der Waals surface area contributed by atoms with E-state index in [1.54, 1.807) is 0 Å². The van der Waals surface area contributed by atoms with Crippen LogP contribution < -0.4 is 9.86 Å². The van der Waals surface area contributed by atoms with Crippen molar-refractivity contribution in [1.29, 1.82) is 0 Å². The maximum atomic E-state index is 14.6. The minimum Gasteiger partial charge on any atom is -0.478 e. The van der Waals surface area contributed by atoms with Crippen molar-refractivity contribution in [2.45, 2.75) is 6.36 Å². The molecule has 0 aliphatic carbocycles. The van der Waals surface area contributed by atoms with Gasteiger partial charge in [-0.25, -0.2) is 18.0 Å². The highest BCUT2D eigenvalue weighted by Crippen LogP contribution is 2.37. The third-order valence-corrected chi connectivity index (χ3v) is 5.25. The van der Waals surface area contributed by atoms with Crippen LogP contribution in [-0.4, -0.2) is 34.9 Å². The summed E-state index contributed by atoms with van der Waals surface area (Å²) in [7, 11) is 0. The number of amides is 1. The lowest BCUT2D eigenvalue weighted by molar-refractivity contribution is -0.274. The van der Waals surface area contributed by atoms with Gasteiger partial charge in [-0.2, -0.15) is 11.8 Å². The van der Waals surface area contributed by atoms with Crippen LogP contribution in [0.2, 0.25) is 0 Å². The monoisotopic (exact) mass is 481 g/mol. The van der Waals surface area contributed by atoms with Crippen molar-refractivity contribution in [1.82, 2.24) is 0 Å². The molecule has 0 spiro atoms. The fourth-order valence-corrected chi connectivity index (χ4v) is 3.97. The van der Waals surface area contributed by atoms with Gasteiger partial charge in [0.2, 0.25) is 0 Å².